The van der Waals surface area contributed by atoms with Gasteiger partial charge in [0.15, 0.2) is 6.23 Å². The second-order valence-corrected chi connectivity index (χ2v) is 12.9. The molecule has 1 aromatic carbocycles. The Balaban J connectivity index is 1.17. The number of fused-ring (bicyclic) bond motifs is 2. The lowest BCUT2D eigenvalue weighted by atomic mass is 9.76. The Bertz CT molecular complexity index is 1470. The van der Waals surface area contributed by atoms with E-state index < -0.39 is 18.4 Å². The molecule has 3 heterocycles. The summed E-state index contributed by atoms with van der Waals surface area (Å²) in [4.78, 5) is 19.0. The highest BCUT2D eigenvalue weighted by atomic mass is 16.5. The molecule has 10 nitrogen and oxygen atoms in total. The first-order valence-corrected chi connectivity index (χ1v) is 14.7. The van der Waals surface area contributed by atoms with E-state index in [9.17, 15) is 10.2 Å². The van der Waals surface area contributed by atoms with Crippen molar-refractivity contribution in [3.8, 4) is 0 Å². The Morgan fingerprint density at radius 3 is 2.61 bits per heavy atom. The highest BCUT2D eigenvalue weighted by molar-refractivity contribution is 5.86. The fraction of sp³-hybridized carbons (Fsp3) is 0.581. The van der Waals surface area contributed by atoms with Gasteiger partial charge in [0, 0.05) is 38.4 Å². The molecule has 3 atom stereocenters. The third-order valence-electron chi connectivity index (χ3n) is 8.73. The average molecular weight is 564 g/mol. The van der Waals surface area contributed by atoms with E-state index in [0.29, 0.717) is 35.4 Å². The van der Waals surface area contributed by atoms with Crippen LogP contribution in [0.3, 0.4) is 0 Å². The van der Waals surface area contributed by atoms with Crippen molar-refractivity contribution in [1.82, 2.24) is 29.4 Å². The molecule has 0 amide bonds. The van der Waals surface area contributed by atoms with Crippen LogP contribution < -0.4 is 5.73 Å². The molecule has 5 rings (SSSR count). The number of anilines is 1. The number of H-pyrrole nitrogens is 1. The van der Waals surface area contributed by atoms with E-state index in [-0.39, 0.29) is 11.5 Å². The fourth-order valence-corrected chi connectivity index (χ4v) is 6.07. The number of aryl methyl sites for hydroxylation is 1. The maximum atomic E-state index is 11.2. The SMILES string of the molecule is CO[C@H](CN(C(C)C)C1CC(CCc2nc3ccc(C(C)(C)C)cc3[nH]2)C1)[C@@H](O)[C@@H](O)n1ccc2c(N)ncnc21. The smallest absolute Gasteiger partial charge is 0.160 e. The minimum atomic E-state index is -1.24. The Kier molecular flexibility index (Phi) is 8.39. The van der Waals surface area contributed by atoms with Gasteiger partial charge in [-0.2, -0.15) is 0 Å². The summed E-state index contributed by atoms with van der Waals surface area (Å²) in [6.07, 6.45) is 4.26. The number of ether oxygens (including phenoxy) is 1. The Hall–Kier alpha value is -3.05. The zero-order valence-corrected chi connectivity index (χ0v) is 25.1. The number of aromatic nitrogens is 5. The highest BCUT2D eigenvalue weighted by Gasteiger charge is 2.38. The summed E-state index contributed by atoms with van der Waals surface area (Å²) in [7, 11) is 1.58. The van der Waals surface area contributed by atoms with E-state index in [0.717, 1.165) is 42.5 Å². The molecule has 0 bridgehead atoms. The molecule has 1 saturated carbocycles. The standard InChI is InChI=1S/C31H45N7O3/c1-18(2)38(16-25(41-6)27(39)30(40)37-12-11-22-28(32)33-17-34-29(22)37)21-13-19(14-21)7-10-26-35-23-9-8-20(31(3,4)5)15-24(23)36-26/h8-9,11-12,15,17-19,21,25,27,30,39-40H,7,10,13-14,16H2,1-6H3,(H,35,36)(H2,32,33,34)/t19?,21?,25-,27-,30-/m1/s1. The van der Waals surface area contributed by atoms with Crippen molar-refractivity contribution < 1.29 is 14.9 Å². The van der Waals surface area contributed by atoms with Gasteiger partial charge in [0.05, 0.1) is 16.4 Å². The van der Waals surface area contributed by atoms with E-state index in [1.807, 2.05) is 0 Å². The summed E-state index contributed by atoms with van der Waals surface area (Å²) in [5.41, 5.74) is 9.97. The van der Waals surface area contributed by atoms with Crippen LogP contribution in [0.25, 0.3) is 22.1 Å². The molecule has 0 spiro atoms. The third kappa shape index (κ3) is 6.11. The van der Waals surface area contributed by atoms with Gasteiger partial charge in [0.1, 0.15) is 35.8 Å². The van der Waals surface area contributed by atoms with Crippen molar-refractivity contribution in [3.05, 3.63) is 48.2 Å². The van der Waals surface area contributed by atoms with Crippen LogP contribution in [0.15, 0.2) is 36.8 Å². The van der Waals surface area contributed by atoms with Gasteiger partial charge in [-0.05, 0) is 68.2 Å². The van der Waals surface area contributed by atoms with Crippen LogP contribution >= 0.6 is 0 Å². The number of nitrogens with zero attached hydrogens (tertiary/aromatic N) is 5. The van der Waals surface area contributed by atoms with Crippen LogP contribution in [0, 0.1) is 5.92 Å². The molecule has 5 N–H and O–H groups in total. The molecule has 0 radical (unpaired) electrons. The summed E-state index contributed by atoms with van der Waals surface area (Å²) in [6.45, 7) is 11.5. The number of methoxy groups -OCH3 is 1. The molecule has 1 fully saturated rings. The van der Waals surface area contributed by atoms with Gasteiger partial charge >= 0.3 is 0 Å². The first kappa shape index (κ1) is 29.4. The van der Waals surface area contributed by atoms with Crippen LogP contribution in [0.2, 0.25) is 0 Å². The average Bonchev–Trinajstić information content (AvgIpc) is 3.52. The lowest BCUT2D eigenvalue weighted by Crippen LogP contribution is -2.53. The lowest BCUT2D eigenvalue weighted by Gasteiger charge is -2.46. The van der Waals surface area contributed by atoms with Crippen LogP contribution in [-0.4, -0.2) is 77.6 Å². The number of nitrogens with two attached hydrogens (primary N) is 1. The first-order valence-electron chi connectivity index (χ1n) is 14.7. The Labute approximate surface area is 242 Å². The number of aromatic amines is 1. The summed E-state index contributed by atoms with van der Waals surface area (Å²) >= 11 is 0. The Morgan fingerprint density at radius 2 is 1.93 bits per heavy atom. The molecular weight excluding hydrogens is 518 g/mol. The number of aliphatic hydroxyl groups is 2. The summed E-state index contributed by atoms with van der Waals surface area (Å²) in [5.74, 6) is 2.02. The number of imidazole rings is 1. The van der Waals surface area contributed by atoms with E-state index >= 15 is 0 Å². The summed E-state index contributed by atoms with van der Waals surface area (Å²) < 4.78 is 7.24. The molecule has 1 aliphatic rings. The summed E-state index contributed by atoms with van der Waals surface area (Å²) in [6, 6.07) is 8.95. The quantitative estimate of drug-likeness (QED) is 0.213. The summed E-state index contributed by atoms with van der Waals surface area (Å²) in [5, 5.41) is 22.9. The minimum Gasteiger partial charge on any atom is -0.386 e. The van der Waals surface area contributed by atoms with E-state index in [4.69, 9.17) is 15.5 Å². The zero-order valence-electron chi connectivity index (χ0n) is 25.1. The normalized spacial score (nSPS) is 20.1. The van der Waals surface area contributed by atoms with Crippen LogP contribution in [0.5, 0.6) is 0 Å². The van der Waals surface area contributed by atoms with Crippen LogP contribution in [0.1, 0.15) is 71.5 Å². The maximum absolute atomic E-state index is 11.2. The number of rotatable bonds is 11. The van der Waals surface area contributed by atoms with Crippen molar-refractivity contribution in [2.75, 3.05) is 19.4 Å². The van der Waals surface area contributed by atoms with Gasteiger partial charge < -0.3 is 30.2 Å². The number of benzene rings is 1. The van der Waals surface area contributed by atoms with Gasteiger partial charge in [0.25, 0.3) is 0 Å². The molecule has 10 heteroatoms. The molecule has 0 saturated heterocycles. The largest absolute Gasteiger partial charge is 0.386 e. The van der Waals surface area contributed by atoms with Crippen molar-refractivity contribution in [1.29, 1.82) is 0 Å². The van der Waals surface area contributed by atoms with Crippen molar-refractivity contribution in [3.63, 3.8) is 0 Å². The maximum Gasteiger partial charge on any atom is 0.160 e. The van der Waals surface area contributed by atoms with Gasteiger partial charge in [-0.1, -0.05) is 26.8 Å². The lowest BCUT2D eigenvalue weighted by molar-refractivity contribution is -0.119. The molecule has 0 unspecified atom stereocenters. The second-order valence-electron chi connectivity index (χ2n) is 12.9. The van der Waals surface area contributed by atoms with Gasteiger partial charge in [-0.25, -0.2) is 15.0 Å². The number of nitrogens with one attached hydrogen (secondary N) is 1. The van der Waals surface area contributed by atoms with E-state index in [2.05, 4.69) is 72.7 Å². The fourth-order valence-electron chi connectivity index (χ4n) is 6.07. The van der Waals surface area contributed by atoms with Gasteiger partial charge in [-0.3, -0.25) is 4.90 Å². The number of nitrogen functional groups attached to an aromatic ring is 1. The Morgan fingerprint density at radius 1 is 1.17 bits per heavy atom. The molecule has 4 aromatic rings. The minimum absolute atomic E-state index is 0.110. The van der Waals surface area contributed by atoms with Crippen LogP contribution in [-0.2, 0) is 16.6 Å². The van der Waals surface area contributed by atoms with E-state index in [1.165, 1.54) is 16.5 Å². The van der Waals surface area contributed by atoms with E-state index in [1.54, 1.807) is 19.4 Å². The second kappa shape index (κ2) is 11.7. The third-order valence-corrected chi connectivity index (χ3v) is 8.73. The van der Waals surface area contributed by atoms with Gasteiger partial charge in [-0.15, -0.1) is 0 Å². The van der Waals surface area contributed by atoms with Crippen molar-refractivity contribution >= 4 is 27.9 Å². The number of hydrogen-bond acceptors (Lipinski definition) is 8. The molecule has 0 aliphatic heterocycles. The molecule has 1 aliphatic carbocycles. The van der Waals surface area contributed by atoms with Crippen LogP contribution in [0.4, 0.5) is 5.82 Å². The first-order chi connectivity index (χ1) is 19.5. The number of aliphatic hydroxyl groups excluding tert-OH is 2. The molecule has 222 valence electrons. The predicted octanol–water partition coefficient (Wildman–Crippen LogP) is 4.18. The highest BCUT2D eigenvalue weighted by Crippen LogP contribution is 2.37. The van der Waals surface area contributed by atoms with Gasteiger partial charge in [0.2, 0.25) is 0 Å². The zero-order chi connectivity index (χ0) is 29.5. The molecule has 41 heavy (non-hydrogen) atoms. The topological polar surface area (TPSA) is 138 Å². The van der Waals surface area contributed by atoms with Crippen molar-refractivity contribution in [2.45, 2.75) is 96.2 Å². The molecular formula is C31H45N7O3. The molecule has 3 aromatic heterocycles. The number of hydrogen-bond donors (Lipinski definition) is 4. The monoisotopic (exact) mass is 563 g/mol. The predicted molar refractivity (Wildman–Crippen MR) is 161 cm³/mol. The van der Waals surface area contributed by atoms with Crippen molar-refractivity contribution in [2.24, 2.45) is 5.92 Å².